The molecule has 1 aromatic carbocycles. The number of pyridine rings is 1. The molecule has 2 nitrogen and oxygen atoms in total. The number of hydrogen-bond donors (Lipinski definition) is 0. The van der Waals surface area contributed by atoms with Gasteiger partial charge in [0.25, 0.3) is 0 Å². The molecule has 0 N–H and O–H groups in total. The van der Waals surface area contributed by atoms with E-state index in [-0.39, 0.29) is 0 Å². The lowest BCUT2D eigenvalue weighted by Crippen LogP contribution is -2.28. The first-order valence-corrected chi connectivity index (χ1v) is 5.88. The van der Waals surface area contributed by atoms with Crippen molar-refractivity contribution < 1.29 is 4.73 Å². The minimum atomic E-state index is 0.716. The molecule has 0 saturated heterocycles. The zero-order valence-electron chi connectivity index (χ0n) is 8.46. The largest absolute Gasteiger partial charge is 0.618 e. The average molecular weight is 227 g/mol. The minimum Gasteiger partial charge on any atom is -0.618 e. The SMILES string of the molecule is [O-][n+]1cc2ccccc2cc1-c1cccs1. The third-order valence-corrected chi connectivity index (χ3v) is 3.45. The molecule has 0 atom stereocenters. The molecule has 0 bridgehead atoms. The van der Waals surface area contributed by atoms with Crippen molar-refractivity contribution in [2.75, 3.05) is 0 Å². The highest BCUT2D eigenvalue weighted by Gasteiger charge is 2.10. The van der Waals surface area contributed by atoms with Gasteiger partial charge in [0.2, 0.25) is 5.69 Å². The summed E-state index contributed by atoms with van der Waals surface area (Å²) in [5.41, 5.74) is 0.716. The molecule has 0 aliphatic heterocycles. The van der Waals surface area contributed by atoms with Crippen LogP contribution in [0, 0.1) is 5.21 Å². The van der Waals surface area contributed by atoms with E-state index in [0.29, 0.717) is 5.69 Å². The zero-order chi connectivity index (χ0) is 11.0. The van der Waals surface area contributed by atoms with E-state index in [4.69, 9.17) is 0 Å². The van der Waals surface area contributed by atoms with Gasteiger partial charge in [0, 0.05) is 11.5 Å². The number of aromatic nitrogens is 1. The Bertz CT molecular complexity index is 631. The Morgan fingerprint density at radius 1 is 1.00 bits per heavy atom. The highest BCUT2D eigenvalue weighted by Crippen LogP contribution is 2.24. The molecule has 0 fully saturated rings. The Morgan fingerprint density at radius 3 is 2.56 bits per heavy atom. The molecule has 0 unspecified atom stereocenters. The van der Waals surface area contributed by atoms with Crippen LogP contribution in [-0.2, 0) is 0 Å². The molecule has 3 aromatic rings. The smallest absolute Gasteiger partial charge is 0.234 e. The van der Waals surface area contributed by atoms with Crippen LogP contribution in [0.2, 0.25) is 0 Å². The van der Waals surface area contributed by atoms with E-state index in [1.54, 1.807) is 17.5 Å². The van der Waals surface area contributed by atoms with Gasteiger partial charge >= 0.3 is 0 Å². The summed E-state index contributed by atoms with van der Waals surface area (Å²) in [7, 11) is 0. The Hall–Kier alpha value is -1.87. The van der Waals surface area contributed by atoms with Crippen molar-refractivity contribution in [3.8, 4) is 10.6 Å². The number of fused-ring (bicyclic) bond motifs is 1. The lowest BCUT2D eigenvalue weighted by molar-refractivity contribution is -0.591. The van der Waals surface area contributed by atoms with E-state index < -0.39 is 0 Å². The van der Waals surface area contributed by atoms with E-state index in [9.17, 15) is 5.21 Å². The molecule has 3 heteroatoms. The van der Waals surface area contributed by atoms with Crippen LogP contribution in [0.4, 0.5) is 0 Å². The number of nitrogens with zero attached hydrogens (tertiary/aromatic N) is 1. The molecule has 0 radical (unpaired) electrons. The van der Waals surface area contributed by atoms with E-state index in [0.717, 1.165) is 20.4 Å². The normalized spacial score (nSPS) is 10.8. The molecule has 0 aliphatic carbocycles. The molecule has 2 heterocycles. The summed E-state index contributed by atoms with van der Waals surface area (Å²) < 4.78 is 0.939. The second kappa shape index (κ2) is 3.61. The maximum atomic E-state index is 11.9. The van der Waals surface area contributed by atoms with Gasteiger partial charge < -0.3 is 5.21 Å². The van der Waals surface area contributed by atoms with Gasteiger partial charge in [-0.25, -0.2) is 0 Å². The van der Waals surface area contributed by atoms with E-state index in [1.165, 1.54) is 0 Å². The van der Waals surface area contributed by atoms with Gasteiger partial charge in [-0.15, -0.1) is 11.3 Å². The van der Waals surface area contributed by atoms with Crippen molar-refractivity contribution in [1.82, 2.24) is 0 Å². The van der Waals surface area contributed by atoms with Crippen LogP contribution in [0.3, 0.4) is 0 Å². The van der Waals surface area contributed by atoms with Gasteiger partial charge in [0.15, 0.2) is 6.20 Å². The van der Waals surface area contributed by atoms with Crippen LogP contribution in [0.25, 0.3) is 21.3 Å². The minimum absolute atomic E-state index is 0.716. The molecular weight excluding hydrogens is 218 g/mol. The highest BCUT2D eigenvalue weighted by atomic mass is 32.1. The van der Waals surface area contributed by atoms with Gasteiger partial charge in [-0.3, -0.25) is 0 Å². The number of hydrogen-bond acceptors (Lipinski definition) is 2. The van der Waals surface area contributed by atoms with Gasteiger partial charge in [0.1, 0.15) is 0 Å². The first-order valence-electron chi connectivity index (χ1n) is 5.00. The summed E-state index contributed by atoms with van der Waals surface area (Å²) >= 11 is 1.58. The van der Waals surface area contributed by atoms with Crippen molar-refractivity contribution in [3.05, 3.63) is 59.2 Å². The predicted octanol–water partition coefficient (Wildman–Crippen LogP) is 3.20. The molecule has 0 aliphatic rings. The van der Waals surface area contributed by atoms with Crippen molar-refractivity contribution in [3.63, 3.8) is 0 Å². The van der Waals surface area contributed by atoms with Crippen molar-refractivity contribution in [2.45, 2.75) is 0 Å². The fourth-order valence-electron chi connectivity index (χ4n) is 1.77. The second-order valence-electron chi connectivity index (χ2n) is 3.59. The molecule has 78 valence electrons. The van der Waals surface area contributed by atoms with Crippen molar-refractivity contribution in [1.29, 1.82) is 0 Å². The maximum absolute atomic E-state index is 11.9. The summed E-state index contributed by atoms with van der Waals surface area (Å²) in [5.74, 6) is 0. The van der Waals surface area contributed by atoms with Crippen LogP contribution in [0.15, 0.2) is 54.0 Å². The molecule has 0 amide bonds. The lowest BCUT2D eigenvalue weighted by atomic mass is 10.1. The standard InChI is InChI=1S/C13H9NOS/c15-14-9-11-5-2-1-4-10(11)8-12(14)13-6-3-7-16-13/h1-9H. The Kier molecular flexibility index (Phi) is 2.11. The predicted molar refractivity (Wildman–Crippen MR) is 66.2 cm³/mol. The van der Waals surface area contributed by atoms with Gasteiger partial charge in [-0.05, 0) is 22.9 Å². The van der Waals surface area contributed by atoms with Gasteiger partial charge in [0.05, 0.1) is 4.88 Å². The van der Waals surface area contributed by atoms with Crippen LogP contribution in [-0.4, -0.2) is 0 Å². The zero-order valence-corrected chi connectivity index (χ0v) is 9.28. The van der Waals surface area contributed by atoms with Crippen LogP contribution < -0.4 is 4.73 Å². The fraction of sp³-hybridized carbons (Fsp3) is 0. The van der Waals surface area contributed by atoms with Gasteiger partial charge in [-0.2, -0.15) is 4.73 Å². The fourth-order valence-corrected chi connectivity index (χ4v) is 2.50. The number of thiophene rings is 1. The first-order chi connectivity index (χ1) is 7.84. The lowest BCUT2D eigenvalue weighted by Gasteiger charge is -2.04. The van der Waals surface area contributed by atoms with Crippen LogP contribution >= 0.6 is 11.3 Å². The molecule has 3 rings (SSSR count). The number of rotatable bonds is 1. The molecular formula is C13H9NOS. The Labute approximate surface area is 97.0 Å². The summed E-state index contributed by atoms with van der Waals surface area (Å²) in [4.78, 5) is 1.00. The van der Waals surface area contributed by atoms with Crippen LogP contribution in [0.5, 0.6) is 0 Å². The summed E-state index contributed by atoms with van der Waals surface area (Å²) in [6.45, 7) is 0. The first kappa shape index (κ1) is 9.36. The van der Waals surface area contributed by atoms with E-state index in [1.807, 2.05) is 47.8 Å². The summed E-state index contributed by atoms with van der Waals surface area (Å²) in [6.07, 6.45) is 1.63. The Morgan fingerprint density at radius 2 is 1.81 bits per heavy atom. The molecule has 0 spiro atoms. The summed E-state index contributed by atoms with van der Waals surface area (Å²) in [6, 6.07) is 13.7. The average Bonchev–Trinajstić information content (AvgIpc) is 2.81. The summed E-state index contributed by atoms with van der Waals surface area (Å²) in [5, 5.41) is 15.9. The van der Waals surface area contributed by atoms with Crippen LogP contribution in [0.1, 0.15) is 0 Å². The maximum Gasteiger partial charge on any atom is 0.234 e. The Balaban J connectivity index is 2.30. The third kappa shape index (κ3) is 1.46. The third-order valence-electron chi connectivity index (χ3n) is 2.56. The monoisotopic (exact) mass is 227 g/mol. The van der Waals surface area contributed by atoms with E-state index >= 15 is 0 Å². The number of benzene rings is 1. The molecule has 0 saturated carbocycles. The quantitative estimate of drug-likeness (QED) is 0.463. The van der Waals surface area contributed by atoms with Crippen molar-refractivity contribution >= 4 is 22.1 Å². The second-order valence-corrected chi connectivity index (χ2v) is 4.54. The highest BCUT2D eigenvalue weighted by molar-refractivity contribution is 7.13. The van der Waals surface area contributed by atoms with E-state index in [2.05, 4.69) is 0 Å². The van der Waals surface area contributed by atoms with Gasteiger partial charge in [-0.1, -0.05) is 24.3 Å². The van der Waals surface area contributed by atoms with Crippen molar-refractivity contribution in [2.24, 2.45) is 0 Å². The molecule has 16 heavy (non-hydrogen) atoms. The topological polar surface area (TPSA) is 26.9 Å². The molecule has 2 aromatic heterocycles.